The van der Waals surface area contributed by atoms with E-state index in [9.17, 15) is 9.59 Å². The lowest BCUT2D eigenvalue weighted by atomic mass is 10.2. The molecule has 0 saturated heterocycles. The highest BCUT2D eigenvalue weighted by molar-refractivity contribution is 6.10. The topological polar surface area (TPSA) is 118 Å². The fourth-order valence-electron chi connectivity index (χ4n) is 1.63. The summed E-state index contributed by atoms with van der Waals surface area (Å²) in [5, 5.41) is 0. The molecule has 0 radical (unpaired) electrons. The summed E-state index contributed by atoms with van der Waals surface area (Å²) in [4.78, 5) is 31.1. The molecule has 0 unspecified atom stereocenters. The van der Waals surface area contributed by atoms with Crippen LogP contribution in [-0.4, -0.2) is 28.8 Å². The van der Waals surface area contributed by atoms with E-state index < -0.39 is 11.8 Å². The van der Waals surface area contributed by atoms with Crippen LogP contribution in [0.25, 0.3) is 0 Å². The number of anilines is 2. The summed E-state index contributed by atoms with van der Waals surface area (Å²) < 4.78 is 0. The van der Waals surface area contributed by atoms with Crippen LogP contribution >= 0.6 is 0 Å². The highest BCUT2D eigenvalue weighted by atomic mass is 16.2. The predicted molar refractivity (Wildman–Crippen MR) is 70.7 cm³/mol. The van der Waals surface area contributed by atoms with Crippen molar-refractivity contribution in [2.45, 2.75) is 0 Å². The van der Waals surface area contributed by atoms with Crippen LogP contribution in [0.3, 0.4) is 0 Å². The van der Waals surface area contributed by atoms with E-state index >= 15 is 0 Å². The molecule has 0 aliphatic carbocycles. The van der Waals surface area contributed by atoms with Crippen molar-refractivity contribution in [2.24, 2.45) is 5.73 Å². The van der Waals surface area contributed by atoms with Crippen molar-refractivity contribution in [3.8, 4) is 0 Å². The Morgan fingerprint density at radius 1 is 1.26 bits per heavy atom. The van der Waals surface area contributed by atoms with E-state index in [0.717, 1.165) is 0 Å². The van der Waals surface area contributed by atoms with Gasteiger partial charge in [-0.2, -0.15) is 0 Å². The third-order valence-corrected chi connectivity index (χ3v) is 2.67. The van der Waals surface area contributed by atoms with E-state index in [4.69, 9.17) is 11.5 Å². The van der Waals surface area contributed by atoms with Gasteiger partial charge in [0, 0.05) is 18.4 Å². The van der Waals surface area contributed by atoms with Gasteiger partial charge in [-0.05, 0) is 24.3 Å². The van der Waals surface area contributed by atoms with E-state index in [1.165, 1.54) is 11.2 Å². The summed E-state index contributed by atoms with van der Waals surface area (Å²) in [5.41, 5.74) is 12.0. The van der Waals surface area contributed by atoms with Gasteiger partial charge in [0.15, 0.2) is 5.69 Å². The zero-order valence-corrected chi connectivity index (χ0v) is 10.3. The average Bonchev–Trinajstić information content (AvgIpc) is 2.87. The van der Waals surface area contributed by atoms with Gasteiger partial charge in [-0.15, -0.1) is 0 Å². The minimum absolute atomic E-state index is 0.0619. The van der Waals surface area contributed by atoms with Gasteiger partial charge in [0.1, 0.15) is 5.69 Å². The van der Waals surface area contributed by atoms with Gasteiger partial charge in [-0.25, -0.2) is 4.98 Å². The van der Waals surface area contributed by atoms with Crippen molar-refractivity contribution in [3.63, 3.8) is 0 Å². The Bertz CT molecular complexity index is 617. The number of carbonyl (C=O) groups excluding carboxylic acids is 2. The Morgan fingerprint density at radius 2 is 1.89 bits per heavy atom. The number of amides is 2. The summed E-state index contributed by atoms with van der Waals surface area (Å²) in [7, 11) is 1.58. The minimum atomic E-state index is -0.754. The number of H-pyrrole nitrogens is 1. The van der Waals surface area contributed by atoms with Crippen molar-refractivity contribution in [3.05, 3.63) is 42.0 Å². The van der Waals surface area contributed by atoms with Gasteiger partial charge in [0.2, 0.25) is 0 Å². The molecule has 0 bridgehead atoms. The first-order valence-corrected chi connectivity index (χ1v) is 5.47. The molecule has 0 spiro atoms. The minimum Gasteiger partial charge on any atom is -0.399 e. The number of aromatic amines is 1. The second-order valence-electron chi connectivity index (χ2n) is 3.95. The maximum absolute atomic E-state index is 12.2. The number of carbonyl (C=O) groups is 2. The molecule has 5 N–H and O–H groups in total. The van der Waals surface area contributed by atoms with Crippen LogP contribution in [0.2, 0.25) is 0 Å². The van der Waals surface area contributed by atoms with E-state index in [0.29, 0.717) is 11.4 Å². The quantitative estimate of drug-likeness (QED) is 0.690. The zero-order valence-electron chi connectivity index (χ0n) is 10.3. The molecule has 2 amide bonds. The first-order valence-electron chi connectivity index (χ1n) is 5.47. The molecule has 0 aliphatic rings. The summed E-state index contributed by atoms with van der Waals surface area (Å²) in [6.45, 7) is 0. The third kappa shape index (κ3) is 2.39. The maximum atomic E-state index is 12.2. The fraction of sp³-hybridized carbons (Fsp3) is 0.0833. The van der Waals surface area contributed by atoms with E-state index in [1.807, 2.05) is 0 Å². The molecular formula is C12H13N5O2. The van der Waals surface area contributed by atoms with Gasteiger partial charge in [0.05, 0.1) is 6.33 Å². The van der Waals surface area contributed by atoms with Crippen molar-refractivity contribution >= 4 is 23.2 Å². The van der Waals surface area contributed by atoms with Crippen LogP contribution in [0.5, 0.6) is 0 Å². The number of aromatic nitrogens is 2. The number of hydrogen-bond donors (Lipinski definition) is 3. The summed E-state index contributed by atoms with van der Waals surface area (Å²) in [5.74, 6) is -1.16. The molecule has 1 aromatic carbocycles. The molecule has 0 fully saturated rings. The van der Waals surface area contributed by atoms with Gasteiger partial charge in [0.25, 0.3) is 11.8 Å². The number of nitrogen functional groups attached to an aromatic ring is 1. The molecule has 0 saturated carbocycles. The fourth-order valence-corrected chi connectivity index (χ4v) is 1.63. The van der Waals surface area contributed by atoms with E-state index in [1.54, 1.807) is 31.3 Å². The van der Waals surface area contributed by atoms with E-state index in [-0.39, 0.29) is 11.4 Å². The monoisotopic (exact) mass is 259 g/mol. The van der Waals surface area contributed by atoms with Gasteiger partial charge >= 0.3 is 0 Å². The molecule has 98 valence electrons. The number of hydrogen-bond acceptors (Lipinski definition) is 4. The molecule has 1 heterocycles. The lowest BCUT2D eigenvalue weighted by Crippen LogP contribution is -2.29. The Hall–Kier alpha value is -2.83. The highest BCUT2D eigenvalue weighted by Crippen LogP contribution is 2.17. The van der Waals surface area contributed by atoms with Crippen LogP contribution in [0, 0.1) is 0 Å². The molecule has 2 rings (SSSR count). The molecule has 7 nitrogen and oxygen atoms in total. The van der Waals surface area contributed by atoms with Crippen LogP contribution in [0.4, 0.5) is 11.4 Å². The summed E-state index contributed by atoms with van der Waals surface area (Å²) in [6.07, 6.45) is 1.25. The number of benzene rings is 1. The third-order valence-electron chi connectivity index (χ3n) is 2.67. The first-order chi connectivity index (χ1) is 9.00. The van der Waals surface area contributed by atoms with Gasteiger partial charge in [-0.3, -0.25) is 9.59 Å². The smallest absolute Gasteiger partial charge is 0.276 e. The molecule has 1 aromatic heterocycles. The Morgan fingerprint density at radius 3 is 2.47 bits per heavy atom. The zero-order chi connectivity index (χ0) is 14.0. The Labute approximate surface area is 109 Å². The van der Waals surface area contributed by atoms with Crippen LogP contribution in [0.15, 0.2) is 30.6 Å². The average molecular weight is 259 g/mol. The SMILES string of the molecule is CN(C(=O)c1[nH]cnc1C(N)=O)c1ccc(N)cc1. The lowest BCUT2D eigenvalue weighted by molar-refractivity contribution is 0.0958. The summed E-state index contributed by atoms with van der Waals surface area (Å²) in [6, 6.07) is 6.77. The number of imidazole rings is 1. The molecule has 19 heavy (non-hydrogen) atoms. The first kappa shape index (κ1) is 12.6. The largest absolute Gasteiger partial charge is 0.399 e. The van der Waals surface area contributed by atoms with Crippen LogP contribution < -0.4 is 16.4 Å². The molecule has 2 aromatic rings. The van der Waals surface area contributed by atoms with Gasteiger partial charge < -0.3 is 21.4 Å². The van der Waals surface area contributed by atoms with Crippen molar-refractivity contribution in [1.82, 2.24) is 9.97 Å². The Balaban J connectivity index is 2.31. The maximum Gasteiger partial charge on any atom is 0.276 e. The molecule has 0 aliphatic heterocycles. The Kier molecular flexibility index (Phi) is 3.19. The normalized spacial score (nSPS) is 10.2. The van der Waals surface area contributed by atoms with Crippen molar-refractivity contribution in [1.29, 1.82) is 0 Å². The van der Waals surface area contributed by atoms with E-state index in [2.05, 4.69) is 9.97 Å². The van der Waals surface area contributed by atoms with Crippen LogP contribution in [-0.2, 0) is 0 Å². The van der Waals surface area contributed by atoms with Crippen LogP contribution in [0.1, 0.15) is 21.0 Å². The lowest BCUT2D eigenvalue weighted by Gasteiger charge is -2.16. The standard InChI is InChI=1S/C12H13N5O2/c1-17(8-4-2-7(13)3-5-8)12(19)10-9(11(14)18)15-6-16-10/h2-6H,13H2,1H3,(H2,14,18)(H,15,16). The van der Waals surface area contributed by atoms with Crippen molar-refractivity contribution in [2.75, 3.05) is 17.7 Å². The highest BCUT2D eigenvalue weighted by Gasteiger charge is 2.22. The predicted octanol–water partition coefficient (Wildman–Crippen LogP) is 0.367. The number of nitrogens with one attached hydrogen (secondary N) is 1. The second kappa shape index (κ2) is 4.81. The molecule has 0 atom stereocenters. The number of primary amides is 1. The number of nitrogens with two attached hydrogens (primary N) is 2. The summed E-state index contributed by atoms with van der Waals surface area (Å²) >= 11 is 0. The second-order valence-corrected chi connectivity index (χ2v) is 3.95. The number of rotatable bonds is 3. The molecule has 7 heteroatoms. The van der Waals surface area contributed by atoms with Gasteiger partial charge in [-0.1, -0.05) is 0 Å². The van der Waals surface area contributed by atoms with Crippen molar-refractivity contribution < 1.29 is 9.59 Å². The number of nitrogens with zero attached hydrogens (tertiary/aromatic N) is 2. The molecular weight excluding hydrogens is 246 g/mol.